The number of phenolic OH excluding ortho intramolecular Hbond substituents is 1. The predicted octanol–water partition coefficient (Wildman–Crippen LogP) is 4.58. The molecule has 0 aliphatic carbocycles. The van der Waals surface area contributed by atoms with E-state index in [1.54, 1.807) is 19.2 Å². The van der Waals surface area contributed by atoms with E-state index in [1.165, 1.54) is 0 Å². The van der Waals surface area contributed by atoms with Crippen LogP contribution >= 0.6 is 22.6 Å². The van der Waals surface area contributed by atoms with Gasteiger partial charge >= 0.3 is 0 Å². The highest BCUT2D eigenvalue weighted by Crippen LogP contribution is 2.34. The van der Waals surface area contributed by atoms with E-state index < -0.39 is 0 Å². The molecule has 0 bridgehead atoms. The molecular weight excluding hydrogens is 405 g/mol. The summed E-state index contributed by atoms with van der Waals surface area (Å²) < 4.78 is 6.81. The minimum atomic E-state index is -0.112. The molecule has 0 aliphatic rings. The van der Waals surface area contributed by atoms with Crippen LogP contribution in [0.25, 0.3) is 0 Å². The summed E-state index contributed by atoms with van der Waals surface area (Å²) >= 11 is 2.15. The lowest BCUT2D eigenvalue weighted by atomic mass is 10.0. The molecule has 0 aliphatic heterocycles. The van der Waals surface area contributed by atoms with E-state index in [0.717, 1.165) is 14.7 Å². The van der Waals surface area contributed by atoms with Gasteiger partial charge in [0.25, 0.3) is 5.91 Å². The third-order valence-corrected chi connectivity index (χ3v) is 4.44. The van der Waals surface area contributed by atoms with E-state index in [4.69, 9.17) is 4.74 Å². The van der Waals surface area contributed by atoms with Crippen molar-refractivity contribution in [1.29, 1.82) is 0 Å². The number of phenols is 1. The summed E-state index contributed by atoms with van der Waals surface area (Å²) in [7, 11) is 1.61. The van der Waals surface area contributed by atoms with Gasteiger partial charge < -0.3 is 15.2 Å². The minimum Gasteiger partial charge on any atom is -0.508 e. The normalized spacial score (nSPS) is 10.7. The molecule has 122 valence electrons. The first-order valence-corrected chi connectivity index (χ1v) is 8.44. The van der Waals surface area contributed by atoms with Crippen LogP contribution in [-0.2, 0) is 0 Å². The number of carbonyl (C=O) groups excluding carboxylic acids is 1. The van der Waals surface area contributed by atoms with Crippen molar-refractivity contribution in [2.24, 2.45) is 0 Å². The van der Waals surface area contributed by atoms with Crippen molar-refractivity contribution in [2.75, 3.05) is 7.05 Å². The lowest BCUT2D eigenvalue weighted by Gasteiger charge is -2.14. The third-order valence-electron chi connectivity index (χ3n) is 3.60. The highest BCUT2D eigenvalue weighted by Gasteiger charge is 2.14. The second kappa shape index (κ2) is 7.21. The quantitative estimate of drug-likeness (QED) is 0.706. The molecule has 1 amide bonds. The Morgan fingerprint density at radius 3 is 2.57 bits per heavy atom. The Balaban J connectivity index is 2.36. The summed E-state index contributed by atoms with van der Waals surface area (Å²) in [5, 5.41) is 12.5. The Morgan fingerprint density at radius 1 is 1.26 bits per heavy atom. The van der Waals surface area contributed by atoms with E-state index in [-0.39, 0.29) is 17.6 Å². The maximum absolute atomic E-state index is 11.8. The number of ether oxygens (including phenoxy) is 1. The fraction of sp³-hybridized carbons (Fsp3) is 0.278. The van der Waals surface area contributed by atoms with Crippen LogP contribution in [0.4, 0.5) is 0 Å². The molecule has 0 saturated heterocycles. The molecule has 2 N–H and O–H groups in total. The summed E-state index contributed by atoms with van der Waals surface area (Å²) in [6.07, 6.45) is 0. The van der Waals surface area contributed by atoms with E-state index in [9.17, 15) is 9.90 Å². The molecule has 2 rings (SSSR count). The second-order valence-electron chi connectivity index (χ2n) is 5.65. The van der Waals surface area contributed by atoms with Crippen LogP contribution in [-0.4, -0.2) is 18.1 Å². The zero-order valence-electron chi connectivity index (χ0n) is 13.6. The molecular formula is C18H20INO3. The average Bonchev–Trinajstić information content (AvgIpc) is 2.51. The largest absolute Gasteiger partial charge is 0.508 e. The summed E-state index contributed by atoms with van der Waals surface area (Å²) in [5.74, 6) is 1.72. The van der Waals surface area contributed by atoms with Crippen LogP contribution in [0.1, 0.15) is 41.3 Å². The molecule has 5 heteroatoms. The van der Waals surface area contributed by atoms with Crippen LogP contribution in [0.15, 0.2) is 30.3 Å². The zero-order valence-corrected chi connectivity index (χ0v) is 15.8. The van der Waals surface area contributed by atoms with Gasteiger partial charge in [-0.15, -0.1) is 0 Å². The van der Waals surface area contributed by atoms with Crippen molar-refractivity contribution in [3.05, 3.63) is 50.6 Å². The Bertz CT molecular complexity index is 741. The molecule has 2 aromatic carbocycles. The number of hydrogen-bond donors (Lipinski definition) is 2. The molecule has 0 fully saturated rings. The fourth-order valence-electron chi connectivity index (χ4n) is 2.30. The van der Waals surface area contributed by atoms with Crippen molar-refractivity contribution in [3.63, 3.8) is 0 Å². The summed E-state index contributed by atoms with van der Waals surface area (Å²) in [6, 6.07) is 8.89. The van der Waals surface area contributed by atoms with Gasteiger partial charge in [-0.1, -0.05) is 13.8 Å². The summed E-state index contributed by atoms with van der Waals surface area (Å²) in [6.45, 7) is 5.92. The van der Waals surface area contributed by atoms with Gasteiger partial charge in [0.05, 0.1) is 3.57 Å². The number of rotatable bonds is 4. The highest BCUT2D eigenvalue weighted by atomic mass is 127. The van der Waals surface area contributed by atoms with Crippen LogP contribution in [0.3, 0.4) is 0 Å². The number of aromatic hydroxyl groups is 1. The minimum absolute atomic E-state index is 0.112. The number of carbonyl (C=O) groups is 1. The van der Waals surface area contributed by atoms with Crippen LogP contribution in [0.2, 0.25) is 0 Å². The van der Waals surface area contributed by atoms with Gasteiger partial charge in [0.2, 0.25) is 0 Å². The topological polar surface area (TPSA) is 58.6 Å². The summed E-state index contributed by atoms with van der Waals surface area (Å²) in [4.78, 5) is 11.8. The molecule has 0 unspecified atom stereocenters. The molecule has 2 aromatic rings. The first kappa shape index (κ1) is 17.6. The maximum atomic E-state index is 11.8. The molecule has 4 nitrogen and oxygen atoms in total. The van der Waals surface area contributed by atoms with Gasteiger partial charge in [0, 0.05) is 18.2 Å². The first-order valence-electron chi connectivity index (χ1n) is 7.36. The van der Waals surface area contributed by atoms with E-state index in [2.05, 4.69) is 27.9 Å². The van der Waals surface area contributed by atoms with E-state index in [1.807, 2.05) is 39.0 Å². The molecule has 0 radical (unpaired) electrons. The Morgan fingerprint density at radius 2 is 1.96 bits per heavy atom. The van der Waals surface area contributed by atoms with Crippen molar-refractivity contribution in [1.82, 2.24) is 5.32 Å². The van der Waals surface area contributed by atoms with Gasteiger partial charge in [-0.05, 0) is 71.3 Å². The Hall–Kier alpha value is -1.76. The Labute approximate surface area is 150 Å². The van der Waals surface area contributed by atoms with Gasteiger partial charge in [0.1, 0.15) is 17.2 Å². The van der Waals surface area contributed by atoms with Gasteiger partial charge in [-0.2, -0.15) is 0 Å². The van der Waals surface area contributed by atoms with Gasteiger partial charge in [-0.25, -0.2) is 0 Å². The molecule has 0 atom stereocenters. The van der Waals surface area contributed by atoms with Crippen molar-refractivity contribution in [3.8, 4) is 17.2 Å². The number of amides is 1. The van der Waals surface area contributed by atoms with Gasteiger partial charge in [0.15, 0.2) is 0 Å². The third kappa shape index (κ3) is 3.96. The molecule has 0 saturated carbocycles. The maximum Gasteiger partial charge on any atom is 0.251 e. The summed E-state index contributed by atoms with van der Waals surface area (Å²) in [5.41, 5.74) is 2.33. The van der Waals surface area contributed by atoms with Crippen LogP contribution in [0.5, 0.6) is 17.2 Å². The number of nitrogens with one attached hydrogen (secondary N) is 1. The molecule has 23 heavy (non-hydrogen) atoms. The van der Waals surface area contributed by atoms with Crippen LogP contribution < -0.4 is 10.1 Å². The van der Waals surface area contributed by atoms with E-state index >= 15 is 0 Å². The number of halogens is 1. The van der Waals surface area contributed by atoms with Crippen molar-refractivity contribution in [2.45, 2.75) is 26.7 Å². The number of aryl methyl sites for hydroxylation is 1. The smallest absolute Gasteiger partial charge is 0.251 e. The molecule has 0 heterocycles. The lowest BCUT2D eigenvalue weighted by molar-refractivity contribution is 0.0962. The Kier molecular flexibility index (Phi) is 5.51. The predicted molar refractivity (Wildman–Crippen MR) is 99.6 cm³/mol. The number of benzene rings is 2. The van der Waals surface area contributed by atoms with E-state index in [0.29, 0.717) is 17.1 Å². The standard InChI is InChI=1S/C18H20INO3/c1-10(2)13-8-12(5-6-16(13)21)23-17-7-11(3)14(9-15(17)19)18(22)20-4/h5-10,21H,1-4H3,(H,20,22). The molecule has 0 aromatic heterocycles. The monoisotopic (exact) mass is 425 g/mol. The lowest BCUT2D eigenvalue weighted by Crippen LogP contribution is -2.19. The van der Waals surface area contributed by atoms with Gasteiger partial charge in [-0.3, -0.25) is 4.79 Å². The SMILES string of the molecule is CNC(=O)c1cc(I)c(Oc2ccc(O)c(C(C)C)c2)cc1C. The fourth-order valence-corrected chi connectivity index (χ4v) is 2.88. The average molecular weight is 425 g/mol. The van der Waals surface area contributed by atoms with Crippen molar-refractivity contribution < 1.29 is 14.6 Å². The molecule has 0 spiro atoms. The van der Waals surface area contributed by atoms with Crippen molar-refractivity contribution >= 4 is 28.5 Å². The van der Waals surface area contributed by atoms with Crippen LogP contribution in [0, 0.1) is 10.5 Å². The highest BCUT2D eigenvalue weighted by molar-refractivity contribution is 14.1. The second-order valence-corrected chi connectivity index (χ2v) is 6.82. The zero-order chi connectivity index (χ0) is 17.1. The number of hydrogen-bond acceptors (Lipinski definition) is 3. The first-order chi connectivity index (χ1) is 10.8.